The fraction of sp³-hybridized carbons (Fsp3) is 0.458. The van der Waals surface area contributed by atoms with Gasteiger partial charge in [-0.1, -0.05) is 19.8 Å². The van der Waals surface area contributed by atoms with Crippen molar-refractivity contribution in [3.63, 3.8) is 0 Å². The van der Waals surface area contributed by atoms with E-state index in [4.69, 9.17) is 4.98 Å². The number of anilines is 3. The summed E-state index contributed by atoms with van der Waals surface area (Å²) in [5, 5.41) is 12.0. The Hall–Kier alpha value is -3.49. The van der Waals surface area contributed by atoms with Gasteiger partial charge in [0.05, 0.1) is 12.2 Å². The molecule has 1 atom stereocenters. The van der Waals surface area contributed by atoms with Crippen LogP contribution in [0.1, 0.15) is 66.8 Å². The van der Waals surface area contributed by atoms with Crippen molar-refractivity contribution in [2.75, 3.05) is 24.3 Å². The third-order valence-corrected chi connectivity index (χ3v) is 6.69. The first-order valence-electron chi connectivity index (χ1n) is 11.6. The molecule has 3 heterocycles. The normalized spacial score (nSPS) is 17.6. The van der Waals surface area contributed by atoms with Gasteiger partial charge < -0.3 is 15.1 Å². The van der Waals surface area contributed by atoms with E-state index in [1.165, 1.54) is 12.8 Å². The maximum absolute atomic E-state index is 12.3. The molecule has 1 amide bonds. The van der Waals surface area contributed by atoms with Crippen LogP contribution in [-0.4, -0.2) is 55.7 Å². The molecule has 2 aromatic heterocycles. The van der Waals surface area contributed by atoms with Gasteiger partial charge in [0.25, 0.3) is 5.91 Å². The Bertz CT molecular complexity index is 1180. The molecule has 5 rings (SSSR count). The number of carbonyl (C=O) groups excluding carboxylic acids is 1. The van der Waals surface area contributed by atoms with Crippen LogP contribution in [0.2, 0.25) is 0 Å². The summed E-state index contributed by atoms with van der Waals surface area (Å²) in [6.45, 7) is 4.17. The number of carbonyl (C=O) groups is 1. The van der Waals surface area contributed by atoms with Crippen LogP contribution < -0.4 is 10.2 Å². The standard InChI is InChI=1S/C24H30N8O/c1-5-19-22-29-26-14-31(22)20-13-25-24(28-21(20)32(19)17-8-6-7-9-17)27-18-11-10-16(12-15(18)2)23(33)30(3)4/h10-14,17,19H,5-9H2,1-4H3,(H,25,27,28). The summed E-state index contributed by atoms with van der Waals surface area (Å²) in [5.41, 5.74) is 3.42. The molecule has 33 heavy (non-hydrogen) atoms. The number of hydrogen-bond acceptors (Lipinski definition) is 7. The second-order valence-electron chi connectivity index (χ2n) is 9.09. The Balaban J connectivity index is 1.51. The van der Waals surface area contributed by atoms with E-state index in [1.54, 1.807) is 25.3 Å². The molecule has 1 fully saturated rings. The molecule has 1 saturated carbocycles. The summed E-state index contributed by atoms with van der Waals surface area (Å²) in [5.74, 6) is 2.41. The molecule has 1 aliphatic heterocycles. The zero-order chi connectivity index (χ0) is 23.1. The summed E-state index contributed by atoms with van der Waals surface area (Å²) in [4.78, 5) is 25.9. The van der Waals surface area contributed by atoms with Crippen molar-refractivity contribution < 1.29 is 4.79 Å². The van der Waals surface area contributed by atoms with Gasteiger partial charge in [-0.2, -0.15) is 4.98 Å². The van der Waals surface area contributed by atoms with Crippen molar-refractivity contribution in [2.24, 2.45) is 0 Å². The number of fused-ring (bicyclic) bond motifs is 3. The van der Waals surface area contributed by atoms with Crippen LogP contribution >= 0.6 is 0 Å². The van der Waals surface area contributed by atoms with E-state index in [-0.39, 0.29) is 11.9 Å². The van der Waals surface area contributed by atoms with Gasteiger partial charge in [-0.15, -0.1) is 10.2 Å². The van der Waals surface area contributed by atoms with Gasteiger partial charge >= 0.3 is 0 Å². The van der Waals surface area contributed by atoms with Crippen LogP contribution in [0, 0.1) is 6.92 Å². The Morgan fingerprint density at radius 2 is 2.03 bits per heavy atom. The second kappa shape index (κ2) is 8.46. The number of nitrogens with zero attached hydrogens (tertiary/aromatic N) is 7. The average Bonchev–Trinajstić information content (AvgIpc) is 3.51. The molecule has 9 nitrogen and oxygen atoms in total. The predicted molar refractivity (Wildman–Crippen MR) is 127 cm³/mol. The van der Waals surface area contributed by atoms with Crippen LogP contribution in [0.4, 0.5) is 17.5 Å². The minimum Gasteiger partial charge on any atom is -0.345 e. The van der Waals surface area contributed by atoms with Gasteiger partial charge in [-0.3, -0.25) is 9.36 Å². The quantitative estimate of drug-likeness (QED) is 0.633. The Kier molecular flexibility index (Phi) is 5.47. The van der Waals surface area contributed by atoms with Gasteiger partial charge in [0.1, 0.15) is 12.0 Å². The first kappa shape index (κ1) is 21.4. The third kappa shape index (κ3) is 3.71. The largest absolute Gasteiger partial charge is 0.345 e. The lowest BCUT2D eigenvalue weighted by Gasteiger charge is -2.40. The molecular weight excluding hydrogens is 416 g/mol. The Morgan fingerprint density at radius 1 is 1.24 bits per heavy atom. The number of nitrogens with one attached hydrogen (secondary N) is 1. The van der Waals surface area contributed by atoms with Crippen molar-refractivity contribution in [1.82, 2.24) is 29.6 Å². The average molecular weight is 447 g/mol. The number of amides is 1. The van der Waals surface area contributed by atoms with E-state index in [2.05, 4.69) is 32.3 Å². The number of benzene rings is 1. The van der Waals surface area contributed by atoms with E-state index in [0.717, 1.165) is 47.8 Å². The number of aryl methyl sites for hydroxylation is 1. The summed E-state index contributed by atoms with van der Waals surface area (Å²) in [7, 11) is 3.51. The van der Waals surface area contributed by atoms with Crippen molar-refractivity contribution in [2.45, 2.75) is 58.0 Å². The monoisotopic (exact) mass is 446 g/mol. The molecule has 172 valence electrons. The highest BCUT2D eigenvalue weighted by Crippen LogP contribution is 2.42. The smallest absolute Gasteiger partial charge is 0.253 e. The number of hydrogen-bond donors (Lipinski definition) is 1. The summed E-state index contributed by atoms with van der Waals surface area (Å²) < 4.78 is 2.02. The lowest BCUT2D eigenvalue weighted by molar-refractivity contribution is 0.0827. The SMILES string of the molecule is CCC1c2nncn2-c2cnc(Nc3ccc(C(=O)N(C)C)cc3C)nc2N1C1CCCC1. The van der Waals surface area contributed by atoms with E-state index >= 15 is 0 Å². The second-order valence-corrected chi connectivity index (χ2v) is 9.09. The third-order valence-electron chi connectivity index (χ3n) is 6.69. The molecule has 1 unspecified atom stereocenters. The van der Waals surface area contributed by atoms with E-state index in [9.17, 15) is 4.79 Å². The summed E-state index contributed by atoms with van der Waals surface area (Å²) in [6.07, 6.45) is 9.35. The molecule has 0 bridgehead atoms. The van der Waals surface area contributed by atoms with Crippen molar-refractivity contribution >= 4 is 23.4 Å². The highest BCUT2D eigenvalue weighted by Gasteiger charge is 2.38. The van der Waals surface area contributed by atoms with Gasteiger partial charge in [0, 0.05) is 31.4 Å². The molecule has 1 N–H and O–H groups in total. The lowest BCUT2D eigenvalue weighted by Crippen LogP contribution is -2.42. The van der Waals surface area contributed by atoms with Gasteiger partial charge in [-0.25, -0.2) is 4.98 Å². The first-order chi connectivity index (χ1) is 16.0. The van der Waals surface area contributed by atoms with E-state index < -0.39 is 0 Å². The maximum Gasteiger partial charge on any atom is 0.253 e. The molecule has 0 spiro atoms. The molecule has 0 radical (unpaired) electrons. The molecule has 2 aliphatic rings. The lowest BCUT2D eigenvalue weighted by atomic mass is 10.0. The van der Waals surface area contributed by atoms with Crippen LogP contribution in [0.15, 0.2) is 30.7 Å². The highest BCUT2D eigenvalue weighted by atomic mass is 16.2. The fourth-order valence-corrected chi connectivity index (χ4v) is 5.02. The molecule has 1 aromatic carbocycles. The van der Waals surface area contributed by atoms with Crippen LogP contribution in [-0.2, 0) is 0 Å². The van der Waals surface area contributed by atoms with Crippen molar-refractivity contribution in [3.05, 3.63) is 47.7 Å². The molecule has 9 heteroatoms. The van der Waals surface area contributed by atoms with Crippen LogP contribution in [0.5, 0.6) is 0 Å². The first-order valence-corrected chi connectivity index (χ1v) is 11.6. The Labute approximate surface area is 193 Å². The minimum atomic E-state index is -0.0164. The minimum absolute atomic E-state index is 0.0164. The van der Waals surface area contributed by atoms with E-state index in [0.29, 0.717) is 17.6 Å². The molecule has 1 aliphatic carbocycles. The predicted octanol–water partition coefficient (Wildman–Crippen LogP) is 4.02. The molecular formula is C24H30N8O. The van der Waals surface area contributed by atoms with Crippen LogP contribution in [0.25, 0.3) is 5.69 Å². The van der Waals surface area contributed by atoms with Gasteiger partial charge in [0.15, 0.2) is 11.6 Å². The number of aromatic nitrogens is 5. The summed E-state index contributed by atoms with van der Waals surface area (Å²) >= 11 is 0. The van der Waals surface area contributed by atoms with Crippen LogP contribution in [0.3, 0.4) is 0 Å². The van der Waals surface area contributed by atoms with Crippen molar-refractivity contribution in [3.8, 4) is 5.69 Å². The van der Waals surface area contributed by atoms with E-state index in [1.807, 2.05) is 35.9 Å². The number of rotatable bonds is 5. The fourth-order valence-electron chi connectivity index (χ4n) is 5.02. The zero-order valence-electron chi connectivity index (χ0n) is 19.6. The maximum atomic E-state index is 12.3. The summed E-state index contributed by atoms with van der Waals surface area (Å²) in [6, 6.07) is 6.22. The molecule has 0 saturated heterocycles. The van der Waals surface area contributed by atoms with Gasteiger partial charge in [-0.05, 0) is 49.9 Å². The van der Waals surface area contributed by atoms with Gasteiger partial charge in [0.2, 0.25) is 5.95 Å². The topological polar surface area (TPSA) is 92.1 Å². The highest BCUT2D eigenvalue weighted by molar-refractivity contribution is 5.94. The Morgan fingerprint density at radius 3 is 2.73 bits per heavy atom. The van der Waals surface area contributed by atoms with Crippen molar-refractivity contribution in [1.29, 1.82) is 0 Å². The zero-order valence-corrected chi connectivity index (χ0v) is 19.6. The molecule has 3 aromatic rings.